The Morgan fingerprint density at radius 1 is 1.17 bits per heavy atom. The molecule has 9 heteroatoms. The molecule has 0 bridgehead atoms. The van der Waals surface area contributed by atoms with Crippen molar-refractivity contribution in [2.45, 2.75) is 32.5 Å². The minimum absolute atomic E-state index is 0.0787. The number of hydrogen-bond acceptors (Lipinski definition) is 3. The number of anilines is 1. The molecule has 0 aliphatic carbocycles. The lowest BCUT2D eigenvalue weighted by atomic mass is 9.94. The molecule has 1 N–H and O–H groups in total. The van der Waals surface area contributed by atoms with Crippen LogP contribution in [-0.2, 0) is 6.54 Å². The predicted octanol–water partition coefficient (Wildman–Crippen LogP) is 7.47. The van der Waals surface area contributed by atoms with Gasteiger partial charge in [0, 0.05) is 36.3 Å². The van der Waals surface area contributed by atoms with E-state index in [0.717, 1.165) is 23.0 Å². The molecule has 36 heavy (non-hydrogen) atoms. The first kappa shape index (κ1) is 27.7. The Kier molecular flexibility index (Phi) is 8.84. The maximum absolute atomic E-state index is 13.8. The third kappa shape index (κ3) is 6.89. The van der Waals surface area contributed by atoms with E-state index < -0.39 is 12.1 Å². The molecule has 1 aromatic heterocycles. The highest BCUT2D eigenvalue weighted by atomic mass is 79.9. The zero-order valence-corrected chi connectivity index (χ0v) is 22.6. The van der Waals surface area contributed by atoms with Gasteiger partial charge in [0.25, 0.3) is 5.91 Å². The second-order valence-corrected chi connectivity index (χ2v) is 9.93. The van der Waals surface area contributed by atoms with E-state index in [1.54, 1.807) is 38.2 Å². The van der Waals surface area contributed by atoms with Crippen LogP contribution in [0.2, 0.25) is 5.02 Å². The molecule has 3 rings (SSSR count). The number of halogens is 5. The van der Waals surface area contributed by atoms with Gasteiger partial charge in [-0.15, -0.1) is 0 Å². The summed E-state index contributed by atoms with van der Waals surface area (Å²) in [5.74, 6) is -1.32. The Morgan fingerprint density at radius 2 is 1.89 bits per heavy atom. The van der Waals surface area contributed by atoms with Gasteiger partial charge in [-0.25, -0.2) is 4.98 Å². The van der Waals surface area contributed by atoms with Crippen LogP contribution in [0.25, 0.3) is 6.08 Å². The van der Waals surface area contributed by atoms with E-state index in [0.29, 0.717) is 32.7 Å². The summed E-state index contributed by atoms with van der Waals surface area (Å²) >= 11 is 9.51. The van der Waals surface area contributed by atoms with Crippen molar-refractivity contribution in [2.24, 2.45) is 0 Å². The van der Waals surface area contributed by atoms with E-state index in [1.807, 2.05) is 31.1 Å². The molecular weight excluding hydrogens is 555 g/mol. The number of nitrogens with zero attached hydrogens (tertiary/aromatic N) is 2. The van der Waals surface area contributed by atoms with Gasteiger partial charge in [-0.2, -0.15) is 13.2 Å². The summed E-state index contributed by atoms with van der Waals surface area (Å²) in [5.41, 5.74) is 3.27. The second-order valence-electron chi connectivity index (χ2n) is 8.66. The van der Waals surface area contributed by atoms with Crippen molar-refractivity contribution in [3.63, 3.8) is 0 Å². The van der Waals surface area contributed by atoms with Gasteiger partial charge < -0.3 is 10.2 Å². The van der Waals surface area contributed by atoms with Crippen molar-refractivity contribution >= 4 is 45.3 Å². The largest absolute Gasteiger partial charge is 0.399 e. The van der Waals surface area contributed by atoms with Crippen LogP contribution in [0.5, 0.6) is 0 Å². The fourth-order valence-corrected chi connectivity index (χ4v) is 4.37. The number of benzene rings is 2. The Hall–Kier alpha value is -2.84. The van der Waals surface area contributed by atoms with Crippen LogP contribution < -0.4 is 10.2 Å². The molecular formula is C27H26BrClF3N3O. The topological polar surface area (TPSA) is 45.2 Å². The van der Waals surface area contributed by atoms with Crippen molar-refractivity contribution in [2.75, 3.05) is 19.0 Å². The van der Waals surface area contributed by atoms with Gasteiger partial charge in [0.1, 0.15) is 5.82 Å². The molecule has 4 nitrogen and oxygen atoms in total. The van der Waals surface area contributed by atoms with Crippen molar-refractivity contribution in [1.82, 2.24) is 10.3 Å². The third-order valence-corrected chi connectivity index (χ3v) is 6.83. The summed E-state index contributed by atoms with van der Waals surface area (Å²) in [6.45, 7) is 3.80. The zero-order valence-electron chi connectivity index (χ0n) is 20.3. The summed E-state index contributed by atoms with van der Waals surface area (Å²) in [6.07, 6.45) is -0.297. The molecule has 190 valence electrons. The summed E-state index contributed by atoms with van der Waals surface area (Å²) < 4.78 is 42.0. The van der Waals surface area contributed by atoms with Crippen LogP contribution in [-0.4, -0.2) is 31.2 Å². The number of nitrogens with one attached hydrogen (secondary N) is 1. The minimum Gasteiger partial charge on any atom is -0.363 e. The van der Waals surface area contributed by atoms with E-state index in [9.17, 15) is 18.0 Å². The van der Waals surface area contributed by atoms with Gasteiger partial charge in [0.15, 0.2) is 0 Å². The third-order valence-electron chi connectivity index (χ3n) is 5.78. The molecule has 0 aliphatic heterocycles. The van der Waals surface area contributed by atoms with Crippen LogP contribution in [0, 0.1) is 13.8 Å². The predicted molar refractivity (Wildman–Crippen MR) is 143 cm³/mol. The molecule has 2 aromatic carbocycles. The fourth-order valence-electron chi connectivity index (χ4n) is 3.52. The van der Waals surface area contributed by atoms with Gasteiger partial charge in [0.2, 0.25) is 0 Å². The van der Waals surface area contributed by atoms with Gasteiger partial charge in [-0.1, -0.05) is 42.0 Å². The van der Waals surface area contributed by atoms with Crippen molar-refractivity contribution in [1.29, 1.82) is 0 Å². The SMILES string of the molecule is Cc1cc(C(/C=C/c2ccc(C(=O)NCc3ccc(N(C)C)nc3)c(Br)c2)C(F)(F)F)cc(Cl)c1C. The molecule has 0 fully saturated rings. The molecule has 0 saturated carbocycles. The monoisotopic (exact) mass is 579 g/mol. The van der Waals surface area contributed by atoms with Crippen LogP contribution in [0.3, 0.4) is 0 Å². The highest BCUT2D eigenvalue weighted by Crippen LogP contribution is 2.38. The number of pyridine rings is 1. The fraction of sp³-hybridized carbons (Fsp3) is 0.259. The number of carbonyl (C=O) groups excluding carboxylic acids is 1. The van der Waals surface area contributed by atoms with Crippen LogP contribution >= 0.6 is 27.5 Å². The number of amides is 1. The van der Waals surface area contributed by atoms with E-state index in [4.69, 9.17) is 11.6 Å². The Balaban J connectivity index is 1.74. The lowest BCUT2D eigenvalue weighted by Gasteiger charge is -2.19. The van der Waals surface area contributed by atoms with Gasteiger partial charge in [-0.05, 0) is 81.9 Å². The molecule has 3 aromatic rings. The minimum atomic E-state index is -4.49. The lowest BCUT2D eigenvalue weighted by molar-refractivity contribution is -0.139. The zero-order chi connectivity index (χ0) is 26.6. The number of rotatable bonds is 7. The summed E-state index contributed by atoms with van der Waals surface area (Å²) in [6, 6.07) is 11.4. The molecule has 0 aliphatic rings. The highest BCUT2D eigenvalue weighted by Gasteiger charge is 2.39. The molecule has 1 amide bonds. The van der Waals surface area contributed by atoms with Gasteiger partial charge in [0.05, 0.1) is 11.5 Å². The summed E-state index contributed by atoms with van der Waals surface area (Å²) in [5, 5.41) is 3.13. The van der Waals surface area contributed by atoms with E-state index in [2.05, 4.69) is 26.2 Å². The summed E-state index contributed by atoms with van der Waals surface area (Å²) in [7, 11) is 3.78. The van der Waals surface area contributed by atoms with Gasteiger partial charge in [-0.3, -0.25) is 4.79 Å². The maximum atomic E-state index is 13.8. The molecule has 0 saturated heterocycles. The van der Waals surface area contributed by atoms with E-state index >= 15 is 0 Å². The number of alkyl halides is 3. The average molecular weight is 581 g/mol. The van der Waals surface area contributed by atoms with Crippen LogP contribution in [0.1, 0.15) is 44.1 Å². The van der Waals surface area contributed by atoms with E-state index in [-0.39, 0.29) is 11.5 Å². The van der Waals surface area contributed by atoms with Crippen molar-refractivity contribution in [3.8, 4) is 0 Å². The first-order valence-electron chi connectivity index (χ1n) is 11.1. The molecule has 1 heterocycles. The Labute approximate surface area is 222 Å². The van der Waals surface area contributed by atoms with Crippen LogP contribution in [0.4, 0.5) is 19.0 Å². The number of aryl methyl sites for hydroxylation is 1. The standard InChI is InChI=1S/C27H26BrClF3N3O/c1-16-11-20(13-24(29)17(16)2)22(27(30,31)32)9-6-18-5-8-21(23(28)12-18)26(36)34-15-19-7-10-25(33-14-19)35(3)4/h5-14,22H,15H2,1-4H3,(H,34,36)/b9-6+. The number of carbonyl (C=O) groups is 1. The van der Waals surface area contributed by atoms with Crippen LogP contribution in [0.15, 0.2) is 59.2 Å². The Bertz CT molecular complexity index is 1250. The Morgan fingerprint density at radius 3 is 2.44 bits per heavy atom. The molecule has 1 unspecified atom stereocenters. The number of hydrogen-bond donors (Lipinski definition) is 1. The average Bonchev–Trinajstić information content (AvgIpc) is 2.80. The molecule has 0 spiro atoms. The first-order valence-corrected chi connectivity index (χ1v) is 12.3. The highest BCUT2D eigenvalue weighted by molar-refractivity contribution is 9.10. The summed E-state index contributed by atoms with van der Waals surface area (Å²) in [4.78, 5) is 18.8. The smallest absolute Gasteiger partial charge is 0.363 e. The molecule has 0 radical (unpaired) electrons. The number of aromatic nitrogens is 1. The second kappa shape index (κ2) is 11.5. The van der Waals surface area contributed by atoms with Gasteiger partial charge >= 0.3 is 6.18 Å². The van der Waals surface area contributed by atoms with Crippen molar-refractivity contribution in [3.05, 3.63) is 97.6 Å². The lowest BCUT2D eigenvalue weighted by Crippen LogP contribution is -2.23. The normalized spacial score (nSPS) is 12.6. The number of allylic oxidation sites excluding steroid dienone is 1. The maximum Gasteiger partial charge on any atom is 0.399 e. The molecule has 1 atom stereocenters. The van der Waals surface area contributed by atoms with Crippen molar-refractivity contribution < 1.29 is 18.0 Å². The quantitative estimate of drug-likeness (QED) is 0.315. The first-order chi connectivity index (χ1) is 16.9. The van der Waals surface area contributed by atoms with E-state index in [1.165, 1.54) is 18.2 Å².